The van der Waals surface area contributed by atoms with Crippen molar-refractivity contribution in [2.75, 3.05) is 0 Å². The molecule has 2 N–H and O–H groups in total. The lowest BCUT2D eigenvalue weighted by atomic mass is 10.0. The van der Waals surface area contributed by atoms with Crippen molar-refractivity contribution in [1.82, 2.24) is 9.88 Å². The number of para-hydroxylation sites is 2. The summed E-state index contributed by atoms with van der Waals surface area (Å²) in [5.74, 6) is -1.64. The minimum Gasteiger partial charge on any atom is -0.481 e. The number of carbonyl (C=O) groups is 2. The van der Waals surface area contributed by atoms with Crippen molar-refractivity contribution in [2.45, 2.75) is 31.8 Å². The van der Waals surface area contributed by atoms with E-state index in [1.165, 1.54) is 0 Å². The van der Waals surface area contributed by atoms with E-state index in [2.05, 4.69) is 5.32 Å². The Kier molecular flexibility index (Phi) is 4.39. The van der Waals surface area contributed by atoms with Gasteiger partial charge in [0.05, 0.1) is 17.0 Å². The molecule has 2 aromatic carbocycles. The molecule has 6 nitrogen and oxygen atoms in total. The Bertz CT molecular complexity index is 1040. The highest BCUT2D eigenvalue weighted by molar-refractivity contribution is 5.95. The van der Waals surface area contributed by atoms with Crippen molar-refractivity contribution in [3.63, 3.8) is 0 Å². The number of rotatable bonds is 4. The van der Waals surface area contributed by atoms with Gasteiger partial charge in [-0.3, -0.25) is 14.4 Å². The van der Waals surface area contributed by atoms with Gasteiger partial charge in [-0.05, 0) is 37.1 Å². The second-order valence-electron chi connectivity index (χ2n) is 7.00. The second kappa shape index (κ2) is 6.87. The molecular weight excluding hydrogens is 344 g/mol. The third-order valence-electron chi connectivity index (χ3n) is 5.36. The molecule has 2 atom stereocenters. The molecule has 6 heteroatoms. The largest absolute Gasteiger partial charge is 0.481 e. The maximum Gasteiger partial charge on any atom is 0.308 e. The lowest BCUT2D eigenvalue weighted by Gasteiger charge is -2.20. The lowest BCUT2D eigenvalue weighted by molar-refractivity contribution is -0.142. The van der Waals surface area contributed by atoms with Gasteiger partial charge in [0.15, 0.2) is 5.43 Å². The molecule has 4 rings (SSSR count). The summed E-state index contributed by atoms with van der Waals surface area (Å²) in [6, 6.07) is 14.1. The first-order valence-electron chi connectivity index (χ1n) is 9.08. The minimum absolute atomic E-state index is 0.0319. The zero-order valence-electron chi connectivity index (χ0n) is 14.7. The van der Waals surface area contributed by atoms with E-state index in [0.717, 1.165) is 6.42 Å². The molecule has 1 fully saturated rings. The zero-order chi connectivity index (χ0) is 19.0. The maximum atomic E-state index is 12.7. The number of nitrogens with zero attached hydrogens (tertiary/aromatic N) is 1. The lowest BCUT2D eigenvalue weighted by Crippen LogP contribution is -2.41. The number of fused-ring (bicyclic) bond motifs is 2. The second-order valence-corrected chi connectivity index (χ2v) is 7.00. The van der Waals surface area contributed by atoms with Gasteiger partial charge in [0, 0.05) is 16.8 Å². The van der Waals surface area contributed by atoms with Gasteiger partial charge in [0.1, 0.15) is 6.54 Å². The fraction of sp³-hybridized carbons (Fsp3) is 0.286. The van der Waals surface area contributed by atoms with E-state index >= 15 is 0 Å². The molecule has 0 bridgehead atoms. The summed E-state index contributed by atoms with van der Waals surface area (Å²) in [5.41, 5.74) is 1.33. The Labute approximate surface area is 155 Å². The van der Waals surface area contributed by atoms with Crippen LogP contribution in [-0.4, -0.2) is 27.6 Å². The number of hydrogen-bond acceptors (Lipinski definition) is 3. The summed E-state index contributed by atoms with van der Waals surface area (Å²) in [6.45, 7) is 0.0319. The van der Waals surface area contributed by atoms with Crippen LogP contribution in [0.5, 0.6) is 0 Å². The molecular formula is C21H20N2O4. The number of hydrogen-bond donors (Lipinski definition) is 2. The average Bonchev–Trinajstić information content (AvgIpc) is 3.13. The number of carboxylic acids is 1. The smallest absolute Gasteiger partial charge is 0.308 e. The first-order valence-corrected chi connectivity index (χ1v) is 9.08. The number of carboxylic acid groups (broad SMARTS) is 1. The molecule has 1 aliphatic carbocycles. The molecule has 0 spiro atoms. The summed E-state index contributed by atoms with van der Waals surface area (Å²) in [7, 11) is 0. The molecule has 1 heterocycles. The van der Waals surface area contributed by atoms with E-state index in [0.29, 0.717) is 34.6 Å². The Morgan fingerprint density at radius 3 is 2.19 bits per heavy atom. The minimum atomic E-state index is -0.864. The number of aromatic nitrogens is 1. The fourth-order valence-electron chi connectivity index (χ4n) is 4.07. The standard InChI is InChI=1S/C21H20N2O4/c24-19(22-16-9-5-8-13(16)21(26)27)12-23-17-10-3-1-6-14(17)20(25)15-7-2-4-11-18(15)23/h1-4,6-7,10-11,13,16H,5,8-9,12H2,(H,22,24)(H,26,27)/t13-,16+/m1/s1. The van der Waals surface area contributed by atoms with E-state index in [1.54, 1.807) is 24.3 Å². The van der Waals surface area contributed by atoms with E-state index in [1.807, 2.05) is 28.8 Å². The highest BCUT2D eigenvalue weighted by Crippen LogP contribution is 2.26. The summed E-state index contributed by atoms with van der Waals surface area (Å²) in [6.07, 6.45) is 2.06. The topological polar surface area (TPSA) is 88.4 Å². The predicted molar refractivity (Wildman–Crippen MR) is 103 cm³/mol. The van der Waals surface area contributed by atoms with Crippen LogP contribution < -0.4 is 10.7 Å². The Hall–Kier alpha value is -3.15. The highest BCUT2D eigenvalue weighted by atomic mass is 16.4. The normalized spacial score (nSPS) is 19.4. The molecule has 27 heavy (non-hydrogen) atoms. The monoisotopic (exact) mass is 364 g/mol. The molecule has 0 unspecified atom stereocenters. The number of nitrogens with one attached hydrogen (secondary N) is 1. The fourth-order valence-corrected chi connectivity index (χ4v) is 4.07. The van der Waals surface area contributed by atoms with Crippen molar-refractivity contribution in [3.05, 3.63) is 58.8 Å². The number of aliphatic carboxylic acids is 1. The third-order valence-corrected chi connectivity index (χ3v) is 5.36. The Morgan fingerprint density at radius 1 is 1.00 bits per heavy atom. The Morgan fingerprint density at radius 2 is 1.59 bits per heavy atom. The molecule has 138 valence electrons. The molecule has 0 saturated heterocycles. The van der Waals surface area contributed by atoms with Crippen LogP contribution in [0.3, 0.4) is 0 Å². The average molecular weight is 364 g/mol. The van der Waals surface area contributed by atoms with Crippen LogP contribution in [-0.2, 0) is 16.1 Å². The molecule has 1 saturated carbocycles. The van der Waals surface area contributed by atoms with Gasteiger partial charge in [-0.25, -0.2) is 0 Å². The van der Waals surface area contributed by atoms with Gasteiger partial charge in [-0.15, -0.1) is 0 Å². The molecule has 0 radical (unpaired) electrons. The molecule has 1 aliphatic rings. The van der Waals surface area contributed by atoms with Gasteiger partial charge in [-0.2, -0.15) is 0 Å². The Balaban J connectivity index is 1.72. The van der Waals surface area contributed by atoms with Gasteiger partial charge < -0.3 is 15.0 Å². The quantitative estimate of drug-likeness (QED) is 0.696. The SMILES string of the molecule is O=C(Cn1c2ccccc2c(=O)c2ccccc21)N[C@H]1CCC[C@H]1C(=O)O. The third kappa shape index (κ3) is 3.07. The number of benzene rings is 2. The van der Waals surface area contributed by atoms with E-state index < -0.39 is 11.9 Å². The van der Waals surface area contributed by atoms with Crippen molar-refractivity contribution in [1.29, 1.82) is 0 Å². The van der Waals surface area contributed by atoms with E-state index in [9.17, 15) is 19.5 Å². The summed E-state index contributed by atoms with van der Waals surface area (Å²) in [4.78, 5) is 36.8. The first kappa shape index (κ1) is 17.3. The van der Waals surface area contributed by atoms with Gasteiger partial charge in [0.25, 0.3) is 0 Å². The summed E-state index contributed by atoms with van der Waals surface area (Å²) >= 11 is 0. The number of pyridine rings is 1. The first-order chi connectivity index (χ1) is 13.1. The van der Waals surface area contributed by atoms with Crippen LogP contribution in [0.15, 0.2) is 53.3 Å². The van der Waals surface area contributed by atoms with Crippen LogP contribution in [0, 0.1) is 5.92 Å². The van der Waals surface area contributed by atoms with Crippen LogP contribution in [0.1, 0.15) is 19.3 Å². The molecule has 1 amide bonds. The van der Waals surface area contributed by atoms with Gasteiger partial charge >= 0.3 is 5.97 Å². The van der Waals surface area contributed by atoms with E-state index in [4.69, 9.17) is 0 Å². The molecule has 1 aromatic heterocycles. The van der Waals surface area contributed by atoms with Crippen LogP contribution >= 0.6 is 0 Å². The summed E-state index contributed by atoms with van der Waals surface area (Å²) < 4.78 is 1.83. The van der Waals surface area contributed by atoms with Crippen molar-refractivity contribution < 1.29 is 14.7 Å². The van der Waals surface area contributed by atoms with Crippen molar-refractivity contribution in [3.8, 4) is 0 Å². The predicted octanol–water partition coefficient (Wildman–Crippen LogP) is 2.52. The number of carbonyl (C=O) groups excluding carboxylic acids is 1. The zero-order valence-corrected chi connectivity index (χ0v) is 14.7. The van der Waals surface area contributed by atoms with E-state index in [-0.39, 0.29) is 23.9 Å². The van der Waals surface area contributed by atoms with Crippen LogP contribution in [0.4, 0.5) is 0 Å². The molecule has 0 aliphatic heterocycles. The van der Waals surface area contributed by atoms with Gasteiger partial charge in [0.2, 0.25) is 5.91 Å². The maximum absolute atomic E-state index is 12.7. The van der Waals surface area contributed by atoms with Gasteiger partial charge in [-0.1, -0.05) is 30.7 Å². The van der Waals surface area contributed by atoms with Crippen LogP contribution in [0.2, 0.25) is 0 Å². The highest BCUT2D eigenvalue weighted by Gasteiger charge is 2.33. The van der Waals surface area contributed by atoms with Crippen LogP contribution in [0.25, 0.3) is 21.8 Å². The summed E-state index contributed by atoms with van der Waals surface area (Å²) in [5, 5.41) is 13.3. The van der Waals surface area contributed by atoms with Crippen molar-refractivity contribution in [2.24, 2.45) is 5.92 Å². The molecule has 3 aromatic rings. The number of amides is 1. The van der Waals surface area contributed by atoms with Crippen molar-refractivity contribution >= 4 is 33.7 Å².